The lowest BCUT2D eigenvalue weighted by Crippen LogP contribution is -1.95. The highest BCUT2D eigenvalue weighted by Gasteiger charge is 2.15. The molecule has 0 bridgehead atoms. The van der Waals surface area contributed by atoms with Gasteiger partial charge in [0.05, 0.1) is 10.5 Å². The predicted molar refractivity (Wildman–Crippen MR) is 73.6 cm³/mol. The molecule has 1 heterocycles. The number of hydrogen-bond donors (Lipinski definition) is 1. The summed E-state index contributed by atoms with van der Waals surface area (Å²) in [6, 6.07) is 6.15. The normalized spacial score (nSPS) is 17.0. The van der Waals surface area contributed by atoms with Crippen LogP contribution >= 0.6 is 11.6 Å². The topological polar surface area (TPSA) is 15.8 Å². The minimum atomic E-state index is 0.828. The molecule has 1 nitrogen and oxygen atoms in total. The maximum atomic E-state index is 6.17. The Morgan fingerprint density at radius 1 is 1.24 bits per heavy atom. The van der Waals surface area contributed by atoms with E-state index in [2.05, 4.69) is 17.2 Å². The highest BCUT2D eigenvalue weighted by atomic mass is 35.5. The summed E-state index contributed by atoms with van der Waals surface area (Å²) in [5.74, 6) is 0.958. The number of fused-ring (bicyclic) bond motifs is 1. The molecule has 0 amide bonds. The molecular weight excluding hydrogens is 230 g/mol. The van der Waals surface area contributed by atoms with Crippen LogP contribution in [0.25, 0.3) is 10.9 Å². The number of nitrogens with one attached hydrogen (secondary N) is 1. The van der Waals surface area contributed by atoms with Gasteiger partial charge in [0.25, 0.3) is 0 Å². The first-order chi connectivity index (χ1) is 8.34. The number of aromatic amines is 1. The van der Waals surface area contributed by atoms with Crippen LogP contribution in [-0.4, -0.2) is 4.98 Å². The lowest BCUT2D eigenvalue weighted by Gasteiger charge is -2.07. The molecule has 1 aromatic heterocycles. The molecule has 1 fully saturated rings. The molecule has 0 saturated heterocycles. The van der Waals surface area contributed by atoms with Crippen molar-refractivity contribution in [2.75, 3.05) is 0 Å². The van der Waals surface area contributed by atoms with E-state index in [-0.39, 0.29) is 0 Å². The lowest BCUT2D eigenvalue weighted by molar-refractivity contribution is 0.504. The SMILES string of the molecule is Clc1cccc2c(CCC3CCCC3)c[nH]c12. The van der Waals surface area contributed by atoms with Crippen molar-refractivity contribution < 1.29 is 0 Å². The zero-order valence-electron chi connectivity index (χ0n) is 10.0. The zero-order valence-corrected chi connectivity index (χ0v) is 10.8. The Morgan fingerprint density at radius 2 is 2.06 bits per heavy atom. The largest absolute Gasteiger partial charge is 0.360 e. The maximum absolute atomic E-state index is 6.17. The van der Waals surface area contributed by atoms with E-state index < -0.39 is 0 Å². The molecule has 0 unspecified atom stereocenters. The summed E-state index contributed by atoms with van der Waals surface area (Å²) in [7, 11) is 0. The zero-order chi connectivity index (χ0) is 11.7. The summed E-state index contributed by atoms with van der Waals surface area (Å²) in [6.45, 7) is 0. The molecule has 3 rings (SSSR count). The van der Waals surface area contributed by atoms with Gasteiger partial charge in [-0.05, 0) is 30.4 Å². The Bertz CT molecular complexity index is 509. The molecule has 90 valence electrons. The number of aromatic nitrogens is 1. The van der Waals surface area contributed by atoms with E-state index in [0.29, 0.717) is 0 Å². The number of halogens is 1. The fraction of sp³-hybridized carbons (Fsp3) is 0.467. The average Bonchev–Trinajstić information content (AvgIpc) is 2.95. The van der Waals surface area contributed by atoms with Crippen molar-refractivity contribution >= 4 is 22.5 Å². The Hall–Kier alpha value is -0.950. The smallest absolute Gasteiger partial charge is 0.0647 e. The van der Waals surface area contributed by atoms with Crippen molar-refractivity contribution in [1.82, 2.24) is 4.98 Å². The molecule has 1 aliphatic rings. The maximum Gasteiger partial charge on any atom is 0.0647 e. The second-order valence-electron chi connectivity index (χ2n) is 5.17. The van der Waals surface area contributed by atoms with Crippen molar-refractivity contribution in [2.24, 2.45) is 5.92 Å². The monoisotopic (exact) mass is 247 g/mol. The van der Waals surface area contributed by atoms with E-state index in [1.165, 1.54) is 49.5 Å². The van der Waals surface area contributed by atoms with Crippen molar-refractivity contribution in [1.29, 1.82) is 0 Å². The summed E-state index contributed by atoms with van der Waals surface area (Å²) in [5, 5.41) is 2.13. The molecule has 0 radical (unpaired) electrons. The van der Waals surface area contributed by atoms with Crippen LogP contribution in [0.3, 0.4) is 0 Å². The van der Waals surface area contributed by atoms with Gasteiger partial charge in [0.1, 0.15) is 0 Å². The average molecular weight is 248 g/mol. The van der Waals surface area contributed by atoms with E-state index in [1.54, 1.807) is 0 Å². The molecule has 1 saturated carbocycles. The number of para-hydroxylation sites is 1. The van der Waals surface area contributed by atoms with Gasteiger partial charge in [0.15, 0.2) is 0 Å². The van der Waals surface area contributed by atoms with E-state index in [0.717, 1.165) is 16.5 Å². The Balaban J connectivity index is 1.78. The van der Waals surface area contributed by atoms with Crippen LogP contribution in [0.5, 0.6) is 0 Å². The van der Waals surface area contributed by atoms with Crippen LogP contribution in [-0.2, 0) is 6.42 Å². The molecular formula is C15H18ClN. The molecule has 17 heavy (non-hydrogen) atoms. The summed E-state index contributed by atoms with van der Waals surface area (Å²) in [6.07, 6.45) is 10.4. The second-order valence-corrected chi connectivity index (χ2v) is 5.57. The van der Waals surface area contributed by atoms with Crippen LogP contribution in [0.2, 0.25) is 5.02 Å². The molecule has 1 aromatic carbocycles. The number of rotatable bonds is 3. The molecule has 2 heteroatoms. The molecule has 0 aliphatic heterocycles. The van der Waals surface area contributed by atoms with Gasteiger partial charge in [-0.1, -0.05) is 49.4 Å². The van der Waals surface area contributed by atoms with E-state index >= 15 is 0 Å². The van der Waals surface area contributed by atoms with Gasteiger partial charge in [0.2, 0.25) is 0 Å². The molecule has 2 aromatic rings. The fourth-order valence-corrected chi connectivity index (χ4v) is 3.27. The fourth-order valence-electron chi connectivity index (χ4n) is 3.04. The first-order valence-corrected chi connectivity index (χ1v) is 6.97. The summed E-state index contributed by atoms with van der Waals surface area (Å²) in [5.41, 5.74) is 2.52. The van der Waals surface area contributed by atoms with Gasteiger partial charge in [-0.25, -0.2) is 0 Å². The Morgan fingerprint density at radius 3 is 2.88 bits per heavy atom. The van der Waals surface area contributed by atoms with E-state index in [9.17, 15) is 0 Å². The van der Waals surface area contributed by atoms with Gasteiger partial charge in [-0.15, -0.1) is 0 Å². The first-order valence-electron chi connectivity index (χ1n) is 6.59. The van der Waals surface area contributed by atoms with Crippen LogP contribution in [0, 0.1) is 5.92 Å². The number of benzene rings is 1. The molecule has 0 spiro atoms. The number of hydrogen-bond acceptors (Lipinski definition) is 0. The third kappa shape index (κ3) is 2.21. The third-order valence-corrected chi connectivity index (χ3v) is 4.36. The van der Waals surface area contributed by atoms with Gasteiger partial charge >= 0.3 is 0 Å². The highest BCUT2D eigenvalue weighted by molar-refractivity contribution is 6.35. The second kappa shape index (κ2) is 4.73. The molecule has 0 atom stereocenters. The van der Waals surface area contributed by atoms with Gasteiger partial charge < -0.3 is 4.98 Å². The minimum absolute atomic E-state index is 0.828. The van der Waals surface area contributed by atoms with Crippen molar-refractivity contribution in [3.63, 3.8) is 0 Å². The molecule has 1 N–H and O–H groups in total. The van der Waals surface area contributed by atoms with Crippen LogP contribution < -0.4 is 0 Å². The standard InChI is InChI=1S/C15H18ClN/c16-14-7-3-6-13-12(10-17-15(13)14)9-8-11-4-1-2-5-11/h3,6-7,10-11,17H,1-2,4-5,8-9H2. The van der Waals surface area contributed by atoms with Crippen molar-refractivity contribution in [3.05, 3.63) is 35.0 Å². The first kappa shape index (κ1) is 11.2. The van der Waals surface area contributed by atoms with Gasteiger partial charge in [-0.2, -0.15) is 0 Å². The number of H-pyrrole nitrogens is 1. The molecule has 1 aliphatic carbocycles. The van der Waals surface area contributed by atoms with Gasteiger partial charge in [0, 0.05) is 11.6 Å². The van der Waals surface area contributed by atoms with Crippen LogP contribution in [0.4, 0.5) is 0 Å². The van der Waals surface area contributed by atoms with Crippen LogP contribution in [0.15, 0.2) is 24.4 Å². The highest BCUT2D eigenvalue weighted by Crippen LogP contribution is 2.31. The predicted octanol–water partition coefficient (Wildman–Crippen LogP) is 4.94. The van der Waals surface area contributed by atoms with Crippen LogP contribution in [0.1, 0.15) is 37.7 Å². The van der Waals surface area contributed by atoms with Gasteiger partial charge in [-0.3, -0.25) is 0 Å². The quantitative estimate of drug-likeness (QED) is 0.790. The van der Waals surface area contributed by atoms with E-state index in [4.69, 9.17) is 11.6 Å². The summed E-state index contributed by atoms with van der Waals surface area (Å²) in [4.78, 5) is 3.30. The van der Waals surface area contributed by atoms with E-state index in [1.807, 2.05) is 12.1 Å². The summed E-state index contributed by atoms with van der Waals surface area (Å²) < 4.78 is 0. The van der Waals surface area contributed by atoms with Crippen molar-refractivity contribution in [3.8, 4) is 0 Å². The summed E-state index contributed by atoms with van der Waals surface area (Å²) >= 11 is 6.17. The lowest BCUT2D eigenvalue weighted by atomic mass is 9.98. The minimum Gasteiger partial charge on any atom is -0.360 e. The number of aryl methyl sites for hydroxylation is 1. The third-order valence-electron chi connectivity index (χ3n) is 4.05. The van der Waals surface area contributed by atoms with Crippen molar-refractivity contribution in [2.45, 2.75) is 38.5 Å². The Kier molecular flexibility index (Phi) is 3.11. The Labute approximate surface area is 107 Å².